The largest absolute Gasteiger partial charge is 0.497 e. The lowest BCUT2D eigenvalue weighted by Gasteiger charge is -2.21. The van der Waals surface area contributed by atoms with Crippen molar-refractivity contribution in [1.29, 1.82) is 0 Å². The van der Waals surface area contributed by atoms with Crippen LogP contribution in [0.3, 0.4) is 0 Å². The molecule has 0 fully saturated rings. The Morgan fingerprint density at radius 2 is 1.91 bits per heavy atom. The first kappa shape index (κ1) is 17.2. The van der Waals surface area contributed by atoms with Crippen molar-refractivity contribution in [2.75, 3.05) is 7.11 Å². The monoisotopic (exact) mass is 337 g/mol. The van der Waals surface area contributed by atoms with Crippen LogP contribution in [0, 0.1) is 5.82 Å². The van der Waals surface area contributed by atoms with Gasteiger partial charge in [0.2, 0.25) is 0 Å². The first-order chi connectivity index (χ1) is 10.9. The molecule has 4 nitrogen and oxygen atoms in total. The fourth-order valence-electron chi connectivity index (χ4n) is 2.10. The number of hydrogen-bond acceptors (Lipinski definition) is 3. The number of aliphatic hydroxyl groups is 1. The van der Waals surface area contributed by atoms with E-state index in [2.05, 4.69) is 5.32 Å². The van der Waals surface area contributed by atoms with Gasteiger partial charge in [-0.2, -0.15) is 0 Å². The molecular formula is C17H17ClFNO3. The van der Waals surface area contributed by atoms with Gasteiger partial charge in [-0.25, -0.2) is 4.39 Å². The lowest BCUT2D eigenvalue weighted by Crippen LogP contribution is -2.37. The number of methoxy groups -OCH3 is 1. The molecule has 0 aromatic heterocycles. The Hall–Kier alpha value is -2.11. The molecule has 2 atom stereocenters. The van der Waals surface area contributed by atoms with Gasteiger partial charge >= 0.3 is 0 Å². The van der Waals surface area contributed by atoms with E-state index in [9.17, 15) is 14.3 Å². The molecule has 2 rings (SSSR count). The third-order valence-electron chi connectivity index (χ3n) is 3.47. The molecule has 1 amide bonds. The Balaban J connectivity index is 2.05. The summed E-state index contributed by atoms with van der Waals surface area (Å²) in [5.74, 6) is -0.474. The Morgan fingerprint density at radius 3 is 2.48 bits per heavy atom. The van der Waals surface area contributed by atoms with Gasteiger partial charge in [-0.05, 0) is 42.8 Å². The van der Waals surface area contributed by atoms with Gasteiger partial charge in [-0.1, -0.05) is 23.7 Å². The minimum Gasteiger partial charge on any atom is -0.497 e. The third kappa shape index (κ3) is 4.21. The van der Waals surface area contributed by atoms with E-state index < -0.39 is 23.9 Å². The molecule has 0 saturated heterocycles. The van der Waals surface area contributed by atoms with Crippen molar-refractivity contribution in [3.05, 3.63) is 64.4 Å². The highest BCUT2D eigenvalue weighted by Crippen LogP contribution is 2.21. The molecule has 2 aromatic carbocycles. The summed E-state index contributed by atoms with van der Waals surface area (Å²) < 4.78 is 18.5. The molecule has 0 aliphatic heterocycles. The topological polar surface area (TPSA) is 58.6 Å². The van der Waals surface area contributed by atoms with Gasteiger partial charge in [-0.3, -0.25) is 4.79 Å². The first-order valence-electron chi connectivity index (χ1n) is 7.00. The van der Waals surface area contributed by atoms with E-state index in [1.54, 1.807) is 38.3 Å². The maximum atomic E-state index is 13.4. The van der Waals surface area contributed by atoms with Gasteiger partial charge in [0, 0.05) is 5.56 Å². The molecule has 0 aliphatic carbocycles. The van der Waals surface area contributed by atoms with Crippen LogP contribution >= 0.6 is 11.6 Å². The van der Waals surface area contributed by atoms with Gasteiger partial charge < -0.3 is 15.2 Å². The molecule has 0 spiro atoms. The van der Waals surface area contributed by atoms with Crippen LogP contribution in [0.15, 0.2) is 42.5 Å². The number of benzene rings is 2. The summed E-state index contributed by atoms with van der Waals surface area (Å²) >= 11 is 5.59. The number of rotatable bonds is 5. The number of carbonyl (C=O) groups is 1. The van der Waals surface area contributed by atoms with Crippen molar-refractivity contribution in [3.63, 3.8) is 0 Å². The summed E-state index contributed by atoms with van der Waals surface area (Å²) in [7, 11) is 1.56. The van der Waals surface area contributed by atoms with Crippen LogP contribution in [-0.4, -0.2) is 24.2 Å². The van der Waals surface area contributed by atoms with Gasteiger partial charge in [0.25, 0.3) is 5.91 Å². The molecule has 6 heteroatoms. The van der Waals surface area contributed by atoms with E-state index in [0.29, 0.717) is 11.3 Å². The Labute approximate surface area is 138 Å². The van der Waals surface area contributed by atoms with Crippen LogP contribution in [0.25, 0.3) is 0 Å². The van der Waals surface area contributed by atoms with E-state index in [1.807, 2.05) is 0 Å². The predicted molar refractivity (Wildman–Crippen MR) is 86.3 cm³/mol. The lowest BCUT2D eigenvalue weighted by molar-refractivity contribution is 0.0851. The Bertz CT molecular complexity index is 691. The van der Waals surface area contributed by atoms with Gasteiger partial charge in [0.15, 0.2) is 0 Å². The molecule has 23 heavy (non-hydrogen) atoms. The molecular weight excluding hydrogens is 321 g/mol. The van der Waals surface area contributed by atoms with Crippen molar-refractivity contribution in [1.82, 2.24) is 5.32 Å². The normalized spacial score (nSPS) is 13.3. The number of carbonyl (C=O) groups excluding carboxylic acids is 1. The zero-order valence-electron chi connectivity index (χ0n) is 12.7. The fraction of sp³-hybridized carbons (Fsp3) is 0.235. The van der Waals surface area contributed by atoms with E-state index in [-0.39, 0.29) is 10.6 Å². The summed E-state index contributed by atoms with van der Waals surface area (Å²) in [6.07, 6.45) is -0.901. The zero-order chi connectivity index (χ0) is 17.0. The molecule has 0 bridgehead atoms. The van der Waals surface area contributed by atoms with Crippen LogP contribution in [0.4, 0.5) is 4.39 Å². The second-order valence-electron chi connectivity index (χ2n) is 5.11. The number of halogens is 2. The summed E-state index contributed by atoms with van der Waals surface area (Å²) in [4.78, 5) is 12.1. The van der Waals surface area contributed by atoms with Crippen LogP contribution < -0.4 is 10.1 Å². The fourth-order valence-corrected chi connectivity index (χ4v) is 2.21. The standard InChI is InChI=1S/C17H17ClFNO3/c1-10(16(21)11-3-6-13(23-2)7-4-11)20-17(22)12-5-8-14(18)15(19)9-12/h3-10,16,21H,1-2H3,(H,20,22). The number of aliphatic hydroxyl groups excluding tert-OH is 1. The van der Waals surface area contributed by atoms with Gasteiger partial charge in [0.05, 0.1) is 24.3 Å². The minimum absolute atomic E-state index is 0.0483. The lowest BCUT2D eigenvalue weighted by atomic mass is 10.0. The second-order valence-corrected chi connectivity index (χ2v) is 5.52. The average molecular weight is 338 g/mol. The molecule has 2 unspecified atom stereocenters. The molecule has 0 radical (unpaired) electrons. The number of hydrogen-bond donors (Lipinski definition) is 2. The van der Waals surface area contributed by atoms with Crippen LogP contribution in [0.5, 0.6) is 5.75 Å². The van der Waals surface area contributed by atoms with Crippen molar-refractivity contribution in [2.45, 2.75) is 19.1 Å². The van der Waals surface area contributed by atoms with Crippen LogP contribution in [-0.2, 0) is 0 Å². The average Bonchev–Trinajstić information content (AvgIpc) is 2.56. The van der Waals surface area contributed by atoms with Gasteiger partial charge in [-0.15, -0.1) is 0 Å². The number of nitrogens with one attached hydrogen (secondary N) is 1. The Morgan fingerprint density at radius 1 is 1.26 bits per heavy atom. The SMILES string of the molecule is COc1ccc(C(O)C(C)NC(=O)c2ccc(Cl)c(F)c2)cc1. The maximum absolute atomic E-state index is 13.4. The van der Waals surface area contributed by atoms with Gasteiger partial charge in [0.1, 0.15) is 11.6 Å². The first-order valence-corrected chi connectivity index (χ1v) is 7.38. The van der Waals surface area contributed by atoms with Crippen molar-refractivity contribution < 1.29 is 19.0 Å². The van der Waals surface area contributed by atoms with E-state index in [1.165, 1.54) is 12.1 Å². The van der Waals surface area contributed by atoms with E-state index in [4.69, 9.17) is 16.3 Å². The highest BCUT2D eigenvalue weighted by molar-refractivity contribution is 6.30. The Kier molecular flexibility index (Phi) is 5.58. The van der Waals surface area contributed by atoms with Crippen molar-refractivity contribution >= 4 is 17.5 Å². The maximum Gasteiger partial charge on any atom is 0.251 e. The summed E-state index contributed by atoms with van der Waals surface area (Å²) in [6.45, 7) is 1.67. The molecule has 0 heterocycles. The summed E-state index contributed by atoms with van der Waals surface area (Å²) in [5.41, 5.74) is 0.779. The summed E-state index contributed by atoms with van der Waals surface area (Å²) in [5, 5.41) is 12.9. The second kappa shape index (κ2) is 7.44. The minimum atomic E-state index is -0.901. The predicted octanol–water partition coefficient (Wildman–Crippen LogP) is 3.34. The number of amides is 1. The highest BCUT2D eigenvalue weighted by atomic mass is 35.5. The smallest absolute Gasteiger partial charge is 0.251 e. The molecule has 0 saturated carbocycles. The molecule has 0 aliphatic rings. The number of ether oxygens (including phenoxy) is 1. The highest BCUT2D eigenvalue weighted by Gasteiger charge is 2.19. The van der Waals surface area contributed by atoms with Crippen molar-refractivity contribution in [3.8, 4) is 5.75 Å². The molecule has 122 valence electrons. The van der Waals surface area contributed by atoms with E-state index in [0.717, 1.165) is 6.07 Å². The van der Waals surface area contributed by atoms with Crippen LogP contribution in [0.2, 0.25) is 5.02 Å². The van der Waals surface area contributed by atoms with Crippen LogP contribution in [0.1, 0.15) is 28.9 Å². The zero-order valence-corrected chi connectivity index (χ0v) is 13.5. The molecule has 2 aromatic rings. The van der Waals surface area contributed by atoms with Crippen molar-refractivity contribution in [2.24, 2.45) is 0 Å². The molecule has 2 N–H and O–H groups in total. The third-order valence-corrected chi connectivity index (χ3v) is 3.78. The quantitative estimate of drug-likeness (QED) is 0.879. The van der Waals surface area contributed by atoms with E-state index >= 15 is 0 Å². The summed E-state index contributed by atoms with van der Waals surface area (Å²) in [6, 6.07) is 10.1.